The number of hydrogen-bond donors (Lipinski definition) is 2. The number of methoxy groups -OCH3 is 2. The topological polar surface area (TPSA) is 97.7 Å². The van der Waals surface area contributed by atoms with E-state index in [0.29, 0.717) is 41.2 Å². The van der Waals surface area contributed by atoms with Gasteiger partial charge in [0.1, 0.15) is 11.9 Å². The first-order valence-corrected chi connectivity index (χ1v) is 12.4. The maximum absolute atomic E-state index is 13.1. The van der Waals surface area contributed by atoms with Crippen LogP contribution in [-0.2, 0) is 4.79 Å². The summed E-state index contributed by atoms with van der Waals surface area (Å²) in [5, 5.41) is 6.91. The number of para-hydroxylation sites is 1. The van der Waals surface area contributed by atoms with Crippen LogP contribution in [0, 0.1) is 4.77 Å². The first kappa shape index (κ1) is 25.4. The zero-order valence-electron chi connectivity index (χ0n) is 20.7. The predicted molar refractivity (Wildman–Crippen MR) is 143 cm³/mol. The van der Waals surface area contributed by atoms with Crippen molar-refractivity contribution in [2.75, 3.05) is 44.1 Å². The van der Waals surface area contributed by atoms with E-state index in [2.05, 4.69) is 39.6 Å². The second-order valence-electron chi connectivity index (χ2n) is 8.50. The minimum atomic E-state index is -0.563. The van der Waals surface area contributed by atoms with Crippen LogP contribution in [-0.4, -0.2) is 61.3 Å². The van der Waals surface area contributed by atoms with Gasteiger partial charge in [-0.2, -0.15) is 0 Å². The largest absolute Gasteiger partial charge is 0.493 e. The van der Waals surface area contributed by atoms with Crippen molar-refractivity contribution in [3.8, 4) is 11.5 Å². The first-order chi connectivity index (χ1) is 17.5. The molecule has 1 aromatic heterocycles. The summed E-state index contributed by atoms with van der Waals surface area (Å²) in [5.41, 5.74) is 1.77. The molecule has 10 heteroatoms. The third kappa shape index (κ3) is 5.28. The molecule has 2 N–H and O–H groups in total. The average molecular weight is 510 g/mol. The van der Waals surface area contributed by atoms with Gasteiger partial charge in [-0.15, -0.1) is 0 Å². The van der Waals surface area contributed by atoms with Crippen molar-refractivity contribution < 1.29 is 19.1 Å². The summed E-state index contributed by atoms with van der Waals surface area (Å²) in [5.74, 6) is 1.31. The molecule has 9 nitrogen and oxygen atoms in total. The molecule has 0 aliphatic carbocycles. The van der Waals surface area contributed by atoms with Gasteiger partial charge in [-0.05, 0) is 50.2 Å². The number of amides is 1. The Morgan fingerprint density at radius 2 is 1.92 bits per heavy atom. The van der Waals surface area contributed by atoms with E-state index in [-0.39, 0.29) is 23.0 Å². The second kappa shape index (κ2) is 11.4. The Morgan fingerprint density at radius 3 is 2.61 bits per heavy atom. The molecule has 0 saturated carbocycles. The standard InChI is InChI=1S/C26H31N5O4S/c1-4-30(17-9-6-5-7-10-17)14-8-13-27-23(32)12-11-19-25(33)31-24(28-19)18-15-21(34-2)22(35-3)16-20(18)29-26(31)36/h5-7,9-10,15-16,19,28H,4,8,11-14H2,1-3H3,(H,27,32). The third-order valence-electron chi connectivity index (χ3n) is 6.31. The van der Waals surface area contributed by atoms with Gasteiger partial charge in [-0.1, -0.05) is 18.2 Å². The molecule has 4 rings (SSSR count). The zero-order chi connectivity index (χ0) is 25.7. The van der Waals surface area contributed by atoms with Crippen LogP contribution in [0.4, 0.5) is 11.5 Å². The van der Waals surface area contributed by atoms with E-state index in [9.17, 15) is 9.59 Å². The molecular weight excluding hydrogens is 478 g/mol. The predicted octanol–water partition coefficient (Wildman–Crippen LogP) is 4.03. The SMILES string of the molecule is CCN(CCCNC(=O)CCC1Nc2c3cc(OC)c(OC)cc3nc(=S)n2C1=O)c1ccccc1. The molecule has 1 amide bonds. The Balaban J connectivity index is 1.33. The Bertz CT molecular complexity index is 1310. The number of carbonyl (C=O) groups excluding carboxylic acids is 2. The number of ether oxygens (including phenoxy) is 2. The maximum atomic E-state index is 13.1. The molecular formula is C26H31N5O4S. The molecule has 1 atom stereocenters. The number of anilines is 2. The van der Waals surface area contributed by atoms with Crippen LogP contribution in [0.25, 0.3) is 10.9 Å². The lowest BCUT2D eigenvalue weighted by Gasteiger charge is -2.23. The molecule has 1 aliphatic heterocycles. The molecule has 1 unspecified atom stereocenters. The molecule has 36 heavy (non-hydrogen) atoms. The van der Waals surface area contributed by atoms with Crippen molar-refractivity contribution in [2.24, 2.45) is 0 Å². The lowest BCUT2D eigenvalue weighted by molar-refractivity contribution is -0.121. The highest BCUT2D eigenvalue weighted by Gasteiger charge is 2.32. The minimum Gasteiger partial charge on any atom is -0.493 e. The monoisotopic (exact) mass is 509 g/mol. The van der Waals surface area contributed by atoms with Crippen molar-refractivity contribution in [3.63, 3.8) is 0 Å². The van der Waals surface area contributed by atoms with E-state index >= 15 is 0 Å². The molecule has 0 radical (unpaired) electrons. The van der Waals surface area contributed by atoms with E-state index in [1.54, 1.807) is 26.4 Å². The summed E-state index contributed by atoms with van der Waals surface area (Å²) in [6.07, 6.45) is 1.41. The summed E-state index contributed by atoms with van der Waals surface area (Å²) >= 11 is 5.39. The zero-order valence-corrected chi connectivity index (χ0v) is 21.6. The molecule has 0 fully saturated rings. The van der Waals surface area contributed by atoms with Gasteiger partial charge in [0.15, 0.2) is 11.5 Å². The fourth-order valence-electron chi connectivity index (χ4n) is 4.41. The van der Waals surface area contributed by atoms with Crippen LogP contribution < -0.4 is 25.0 Å². The van der Waals surface area contributed by atoms with E-state index in [1.165, 1.54) is 10.3 Å². The van der Waals surface area contributed by atoms with Crippen molar-refractivity contribution >= 4 is 46.4 Å². The van der Waals surface area contributed by atoms with Gasteiger partial charge in [0.05, 0.1) is 19.7 Å². The van der Waals surface area contributed by atoms with Crippen LogP contribution in [0.2, 0.25) is 0 Å². The maximum Gasteiger partial charge on any atom is 0.257 e. The molecule has 3 aromatic rings. The van der Waals surface area contributed by atoms with Gasteiger partial charge in [0, 0.05) is 43.2 Å². The lowest BCUT2D eigenvalue weighted by Crippen LogP contribution is -2.31. The number of carbonyl (C=O) groups is 2. The average Bonchev–Trinajstić information content (AvgIpc) is 3.24. The molecule has 190 valence electrons. The molecule has 0 saturated heterocycles. The third-order valence-corrected chi connectivity index (χ3v) is 6.58. The molecule has 0 bridgehead atoms. The fourth-order valence-corrected chi connectivity index (χ4v) is 4.69. The summed E-state index contributed by atoms with van der Waals surface area (Å²) in [7, 11) is 3.10. The van der Waals surface area contributed by atoms with E-state index in [0.717, 1.165) is 19.5 Å². The van der Waals surface area contributed by atoms with Gasteiger partial charge < -0.3 is 25.0 Å². The Hall–Kier alpha value is -3.66. The van der Waals surface area contributed by atoms with Crippen molar-refractivity contribution in [3.05, 3.63) is 47.2 Å². The van der Waals surface area contributed by atoms with Gasteiger partial charge in [0.25, 0.3) is 5.91 Å². The van der Waals surface area contributed by atoms with E-state index < -0.39 is 6.04 Å². The van der Waals surface area contributed by atoms with Gasteiger partial charge in [0.2, 0.25) is 10.7 Å². The highest BCUT2D eigenvalue weighted by Crippen LogP contribution is 2.36. The quantitative estimate of drug-likeness (QED) is 0.295. The summed E-state index contributed by atoms with van der Waals surface area (Å²) in [6.45, 7) is 4.45. The van der Waals surface area contributed by atoms with Crippen LogP contribution in [0.3, 0.4) is 0 Å². The van der Waals surface area contributed by atoms with Crippen LogP contribution in [0.15, 0.2) is 42.5 Å². The second-order valence-corrected chi connectivity index (χ2v) is 8.86. The Morgan fingerprint density at radius 1 is 1.19 bits per heavy atom. The van der Waals surface area contributed by atoms with Crippen LogP contribution in [0.1, 0.15) is 31.0 Å². The van der Waals surface area contributed by atoms with Crippen LogP contribution >= 0.6 is 12.2 Å². The lowest BCUT2D eigenvalue weighted by atomic mass is 10.1. The number of hydrogen-bond acceptors (Lipinski definition) is 8. The Labute approximate surface area is 215 Å². The number of benzene rings is 2. The normalized spacial score (nSPS) is 14.3. The van der Waals surface area contributed by atoms with Crippen molar-refractivity contribution in [1.82, 2.24) is 14.9 Å². The molecule has 2 aromatic carbocycles. The van der Waals surface area contributed by atoms with Crippen molar-refractivity contribution in [2.45, 2.75) is 32.2 Å². The number of nitrogens with one attached hydrogen (secondary N) is 2. The molecule has 1 aliphatic rings. The number of nitrogens with zero attached hydrogens (tertiary/aromatic N) is 3. The fraction of sp³-hybridized carbons (Fsp3) is 0.385. The summed E-state index contributed by atoms with van der Waals surface area (Å²) < 4.78 is 12.3. The first-order valence-electron chi connectivity index (χ1n) is 12.0. The van der Waals surface area contributed by atoms with E-state index in [4.69, 9.17) is 21.7 Å². The molecule has 2 heterocycles. The summed E-state index contributed by atoms with van der Waals surface area (Å²) in [4.78, 5) is 32.2. The summed E-state index contributed by atoms with van der Waals surface area (Å²) in [6, 6.07) is 13.2. The smallest absolute Gasteiger partial charge is 0.257 e. The van der Waals surface area contributed by atoms with E-state index in [1.807, 2.05) is 18.2 Å². The molecule has 0 spiro atoms. The Kier molecular flexibility index (Phi) is 8.04. The van der Waals surface area contributed by atoms with Gasteiger partial charge >= 0.3 is 0 Å². The number of aromatic nitrogens is 2. The number of rotatable bonds is 11. The number of fused-ring (bicyclic) bond motifs is 3. The highest BCUT2D eigenvalue weighted by atomic mass is 32.1. The van der Waals surface area contributed by atoms with Gasteiger partial charge in [-0.25, -0.2) is 9.55 Å². The van der Waals surface area contributed by atoms with Crippen LogP contribution in [0.5, 0.6) is 11.5 Å². The van der Waals surface area contributed by atoms with Gasteiger partial charge in [-0.3, -0.25) is 9.59 Å². The van der Waals surface area contributed by atoms with Crippen molar-refractivity contribution in [1.29, 1.82) is 0 Å². The minimum absolute atomic E-state index is 0.0821. The highest BCUT2D eigenvalue weighted by molar-refractivity contribution is 7.71.